The molecule has 2 fully saturated rings. The van der Waals surface area contributed by atoms with Crippen LogP contribution in [-0.4, -0.2) is 163 Å². The van der Waals surface area contributed by atoms with Crippen LogP contribution in [0.1, 0.15) is 70.6 Å². The Morgan fingerprint density at radius 2 is 1.36 bits per heavy atom. The molecule has 23 nitrogen and oxygen atoms in total. The number of benzene rings is 3. The minimum atomic E-state index is -1.87. The lowest BCUT2D eigenvalue weighted by atomic mass is 9.95. The number of aromatic hydroxyl groups is 2. The molecule has 410 valence electrons. The summed E-state index contributed by atoms with van der Waals surface area (Å²) in [6, 6.07) is 9.89. The van der Waals surface area contributed by atoms with Crippen LogP contribution in [0.3, 0.4) is 0 Å². The van der Waals surface area contributed by atoms with Gasteiger partial charge in [0.05, 0.1) is 6.61 Å². The highest BCUT2D eigenvalue weighted by molar-refractivity contribution is 6.03. The van der Waals surface area contributed by atoms with E-state index in [9.17, 15) is 63.9 Å². The van der Waals surface area contributed by atoms with E-state index in [1.54, 1.807) is 56.3 Å². The molecule has 2 saturated heterocycles. The van der Waals surface area contributed by atoms with Gasteiger partial charge in [0, 0.05) is 19.9 Å². The summed E-state index contributed by atoms with van der Waals surface area (Å²) in [5.41, 5.74) is 1.24. The molecule has 76 heavy (non-hydrogen) atoms. The number of allylic oxidation sites excluding steroid dienone is 1. The van der Waals surface area contributed by atoms with Crippen LogP contribution in [0, 0.1) is 5.92 Å². The smallest absolute Gasteiger partial charge is 0.329 e. The van der Waals surface area contributed by atoms with Gasteiger partial charge in [-0.25, -0.2) is 4.79 Å². The summed E-state index contributed by atoms with van der Waals surface area (Å²) in [5.74, 6) is -9.59. The zero-order valence-corrected chi connectivity index (χ0v) is 43.1. The van der Waals surface area contributed by atoms with Crippen molar-refractivity contribution in [1.82, 2.24) is 41.7 Å². The predicted octanol–water partition coefficient (Wildman–Crippen LogP) is -0.929. The highest BCUT2D eigenvalue weighted by atomic mass is 16.5. The van der Waals surface area contributed by atoms with E-state index in [-0.39, 0.29) is 50.0 Å². The maximum atomic E-state index is 15.0. The van der Waals surface area contributed by atoms with Gasteiger partial charge in [0.15, 0.2) is 6.10 Å². The molecular formula is C53H68N8O15. The molecule has 2 bridgehead atoms. The first-order valence-electron chi connectivity index (χ1n) is 24.9. The first kappa shape index (κ1) is 59.0. The number of phenolic OH excluding ortho intramolecular Hbond substituents is 2. The van der Waals surface area contributed by atoms with Gasteiger partial charge in [-0.05, 0) is 93.3 Å². The fourth-order valence-electron chi connectivity index (χ4n) is 8.62. The molecule has 11 N–H and O–H groups in total. The normalized spacial score (nSPS) is 23.9. The standard InChI is InChI=1S/C53H68N8O15/c1-7-36-46(68)57-38-23-24-42(66)61(51(38)73)40(26-32-11-9-8-10-12-32)52(74)60(6)39(25-33-15-20-35(64)21-16-33)48(70)58-43(28(2)3)53(75)76-30(5)44(50(72)55-36)59-47(69)37(22-17-31-13-18-34(63)19-14-31)56-45(67)29(4)54-49(71)41(65)27-62/h7-16,18-21,28-30,37-44,62-66H,17,22-27H2,1-6H3,(H,54,71)(H,55,72)(H,56,67)(H,57,68)(H,58,70)(H,59,69)/b36-7-/t29-,30+,37-,38-,39-,40-,41?,42+,43-,44-/m0/s1. The van der Waals surface area contributed by atoms with Crippen LogP contribution in [0.5, 0.6) is 11.5 Å². The van der Waals surface area contributed by atoms with Crippen molar-refractivity contribution < 1.29 is 73.4 Å². The number of phenols is 2. The molecule has 0 aromatic heterocycles. The Kier molecular flexibility index (Phi) is 21.0. The molecule has 23 heteroatoms. The Hall–Kier alpha value is -7.89. The van der Waals surface area contributed by atoms with Crippen LogP contribution in [0.4, 0.5) is 0 Å². The summed E-state index contributed by atoms with van der Waals surface area (Å²) in [4.78, 5) is 130. The number of nitrogens with one attached hydrogen (secondary N) is 6. The second kappa shape index (κ2) is 27.1. The van der Waals surface area contributed by atoms with Gasteiger partial charge in [-0.3, -0.25) is 38.4 Å². The number of fused-ring (bicyclic) bond motifs is 2. The molecule has 10 atom stereocenters. The van der Waals surface area contributed by atoms with Crippen molar-refractivity contribution in [1.29, 1.82) is 0 Å². The van der Waals surface area contributed by atoms with E-state index in [1.165, 1.54) is 70.3 Å². The largest absolute Gasteiger partial charge is 0.508 e. The molecule has 0 radical (unpaired) electrons. The molecule has 0 spiro atoms. The molecule has 1 unspecified atom stereocenters. The van der Waals surface area contributed by atoms with E-state index < -0.39 is 132 Å². The highest BCUT2D eigenvalue weighted by Gasteiger charge is 2.45. The number of aliphatic hydroxyl groups excluding tert-OH is 3. The SMILES string of the molecule is C/C=C1\NC(=O)[C@@H](NC(=O)[C@H](CCc2ccc(O)cc2)NC(=O)[C@H](C)NC(=O)C(O)CO)[C@@H](C)OC(=O)[C@H](C(C)C)NC(=O)[C@H](Cc2ccc(O)cc2)N(C)C(=O)[C@H](Cc2ccccc2)N2C(=O)[C@H](CC[C@H]2O)NC1=O. The van der Waals surface area contributed by atoms with Crippen LogP contribution in [-0.2, 0) is 67.2 Å². The molecular weight excluding hydrogens is 989 g/mol. The fourth-order valence-corrected chi connectivity index (χ4v) is 8.62. The van der Waals surface area contributed by atoms with Crippen LogP contribution < -0.4 is 31.9 Å². The quantitative estimate of drug-likeness (QED) is 0.0647. The Balaban J connectivity index is 1.57. The molecule has 3 aromatic carbocycles. The van der Waals surface area contributed by atoms with Crippen molar-refractivity contribution in [3.63, 3.8) is 0 Å². The maximum Gasteiger partial charge on any atom is 0.329 e. The topological polar surface area (TPSA) is 343 Å². The summed E-state index contributed by atoms with van der Waals surface area (Å²) in [7, 11) is 1.33. The maximum absolute atomic E-state index is 15.0. The Morgan fingerprint density at radius 3 is 1.95 bits per heavy atom. The number of hydrogen-bond acceptors (Lipinski definition) is 15. The lowest BCUT2D eigenvalue weighted by Crippen LogP contribution is -2.64. The summed E-state index contributed by atoms with van der Waals surface area (Å²) in [5, 5.41) is 65.5. The third-order valence-electron chi connectivity index (χ3n) is 13.1. The Bertz CT molecular complexity index is 2600. The van der Waals surface area contributed by atoms with Gasteiger partial charge in [-0.2, -0.15) is 0 Å². The van der Waals surface area contributed by atoms with Crippen molar-refractivity contribution in [2.75, 3.05) is 13.7 Å². The molecule has 0 aliphatic carbocycles. The number of aliphatic hydroxyl groups is 3. The molecule has 2 heterocycles. The van der Waals surface area contributed by atoms with Gasteiger partial charge in [0.2, 0.25) is 29.5 Å². The van der Waals surface area contributed by atoms with Gasteiger partial charge >= 0.3 is 5.97 Å². The number of ether oxygens (including phenoxy) is 1. The van der Waals surface area contributed by atoms with Crippen LogP contribution >= 0.6 is 0 Å². The van der Waals surface area contributed by atoms with Gasteiger partial charge in [0.25, 0.3) is 17.7 Å². The van der Waals surface area contributed by atoms with Crippen LogP contribution in [0.25, 0.3) is 0 Å². The third-order valence-corrected chi connectivity index (χ3v) is 13.1. The second-order valence-electron chi connectivity index (χ2n) is 19.1. The molecule has 2 aliphatic heterocycles. The molecule has 0 saturated carbocycles. The number of hydrogen-bond donors (Lipinski definition) is 11. The Morgan fingerprint density at radius 1 is 0.763 bits per heavy atom. The lowest BCUT2D eigenvalue weighted by molar-refractivity contribution is -0.165. The molecule has 2 aliphatic rings. The van der Waals surface area contributed by atoms with Gasteiger partial charge < -0.3 is 72.0 Å². The van der Waals surface area contributed by atoms with Crippen molar-refractivity contribution >= 4 is 53.2 Å². The number of esters is 1. The monoisotopic (exact) mass is 1060 g/mol. The summed E-state index contributed by atoms with van der Waals surface area (Å²) >= 11 is 0. The molecule has 5 rings (SSSR count). The predicted molar refractivity (Wildman–Crippen MR) is 272 cm³/mol. The van der Waals surface area contributed by atoms with E-state index in [0.717, 1.165) is 9.80 Å². The van der Waals surface area contributed by atoms with Crippen molar-refractivity contribution in [2.45, 2.75) is 134 Å². The van der Waals surface area contributed by atoms with Crippen molar-refractivity contribution in [3.8, 4) is 11.5 Å². The van der Waals surface area contributed by atoms with Gasteiger partial charge in [-0.15, -0.1) is 0 Å². The molecule has 3 aromatic rings. The molecule has 8 amide bonds. The van der Waals surface area contributed by atoms with E-state index in [4.69, 9.17) is 4.74 Å². The number of likely N-dealkylation sites (N-methyl/N-ethyl adjacent to an activating group) is 1. The number of piperidine rings is 1. The van der Waals surface area contributed by atoms with Crippen molar-refractivity contribution in [2.24, 2.45) is 5.92 Å². The number of aryl methyl sites for hydroxylation is 1. The minimum Gasteiger partial charge on any atom is -0.508 e. The number of cyclic esters (lactones) is 1. The summed E-state index contributed by atoms with van der Waals surface area (Å²) < 4.78 is 5.88. The summed E-state index contributed by atoms with van der Waals surface area (Å²) in [6.07, 6.45) is -4.42. The van der Waals surface area contributed by atoms with Crippen molar-refractivity contribution in [3.05, 3.63) is 107 Å². The first-order valence-corrected chi connectivity index (χ1v) is 24.9. The first-order chi connectivity index (χ1) is 36.0. The minimum absolute atomic E-state index is 0.0412. The highest BCUT2D eigenvalue weighted by Crippen LogP contribution is 2.26. The number of carbonyl (C=O) groups excluding carboxylic acids is 9. The third kappa shape index (κ3) is 15.6. The average molecular weight is 1060 g/mol. The number of rotatable bonds is 15. The number of carbonyl (C=O) groups is 9. The zero-order chi connectivity index (χ0) is 56.0. The Labute approximate surface area is 439 Å². The van der Waals surface area contributed by atoms with E-state index in [1.807, 2.05) is 0 Å². The fraction of sp³-hybridized carbons (Fsp3) is 0.453. The van der Waals surface area contributed by atoms with E-state index in [2.05, 4.69) is 31.9 Å². The van der Waals surface area contributed by atoms with Gasteiger partial charge in [-0.1, -0.05) is 74.5 Å². The average Bonchev–Trinajstić information content (AvgIpc) is 3.39. The van der Waals surface area contributed by atoms with Crippen LogP contribution in [0.2, 0.25) is 0 Å². The lowest BCUT2D eigenvalue weighted by Gasteiger charge is -2.43. The second-order valence-corrected chi connectivity index (χ2v) is 19.1. The zero-order valence-electron chi connectivity index (χ0n) is 43.1. The van der Waals surface area contributed by atoms with E-state index >= 15 is 4.79 Å². The van der Waals surface area contributed by atoms with E-state index in [0.29, 0.717) is 16.7 Å². The van der Waals surface area contributed by atoms with Gasteiger partial charge in [0.1, 0.15) is 71.8 Å². The summed E-state index contributed by atoms with van der Waals surface area (Å²) in [6.45, 7) is 6.12. The van der Waals surface area contributed by atoms with Crippen LogP contribution in [0.15, 0.2) is 90.6 Å². The number of nitrogens with zero attached hydrogens (tertiary/aromatic N) is 2. The number of amides is 8.